The number of furan rings is 1. The van der Waals surface area contributed by atoms with Gasteiger partial charge in [0.05, 0.1) is 25.5 Å². The lowest BCUT2D eigenvalue weighted by atomic mass is 10.00. The number of nitrogens with zero attached hydrogens (tertiary/aromatic N) is 5. The van der Waals surface area contributed by atoms with Gasteiger partial charge in [0.15, 0.2) is 5.82 Å². The number of benzene rings is 2. The van der Waals surface area contributed by atoms with Crippen molar-refractivity contribution >= 4 is 10.9 Å². The normalized spacial score (nSPS) is 16.3. The predicted octanol–water partition coefficient (Wildman–Crippen LogP) is 4.70. The van der Waals surface area contributed by atoms with Crippen molar-refractivity contribution in [1.82, 2.24) is 30.1 Å². The largest absolute Gasteiger partial charge is 0.468 e. The molecule has 39 heavy (non-hydrogen) atoms. The van der Waals surface area contributed by atoms with Crippen molar-refractivity contribution in [2.24, 2.45) is 0 Å². The molecule has 2 aromatic carbocycles. The van der Waals surface area contributed by atoms with Crippen LogP contribution in [-0.2, 0) is 24.4 Å². The number of H-pyrrole nitrogens is 1. The van der Waals surface area contributed by atoms with Crippen molar-refractivity contribution in [3.05, 3.63) is 111 Å². The lowest BCUT2D eigenvalue weighted by Crippen LogP contribution is -2.35. The minimum Gasteiger partial charge on any atom is -0.468 e. The number of nitrogens with one attached hydrogen (secondary N) is 1. The first kappa shape index (κ1) is 25.2. The van der Waals surface area contributed by atoms with Gasteiger partial charge in [0.2, 0.25) is 0 Å². The van der Waals surface area contributed by atoms with E-state index in [9.17, 15) is 4.79 Å². The van der Waals surface area contributed by atoms with Gasteiger partial charge in [-0.3, -0.25) is 9.69 Å². The van der Waals surface area contributed by atoms with Crippen molar-refractivity contribution in [3.8, 4) is 0 Å². The number of ether oxygens (including phenoxy) is 1. The van der Waals surface area contributed by atoms with Gasteiger partial charge in [-0.05, 0) is 89.5 Å². The van der Waals surface area contributed by atoms with Crippen LogP contribution in [0.2, 0.25) is 0 Å². The van der Waals surface area contributed by atoms with Crippen LogP contribution in [0, 0.1) is 13.8 Å². The summed E-state index contributed by atoms with van der Waals surface area (Å²) in [4.78, 5) is 19.1. The van der Waals surface area contributed by atoms with Gasteiger partial charge in [0, 0.05) is 24.2 Å². The van der Waals surface area contributed by atoms with Crippen LogP contribution >= 0.6 is 0 Å². The molecule has 1 aliphatic heterocycles. The molecular weight excluding hydrogens is 492 g/mol. The number of aromatic nitrogens is 5. The zero-order chi connectivity index (χ0) is 26.8. The Hall–Kier alpha value is -4.08. The third-order valence-electron chi connectivity index (χ3n) is 7.52. The van der Waals surface area contributed by atoms with Crippen LogP contribution in [0.15, 0.2) is 76.1 Å². The van der Waals surface area contributed by atoms with Gasteiger partial charge in [-0.25, -0.2) is 4.68 Å². The summed E-state index contributed by atoms with van der Waals surface area (Å²) in [6, 6.07) is 19.6. The molecule has 0 unspecified atom stereocenters. The molecule has 1 aliphatic rings. The second-order valence-corrected chi connectivity index (χ2v) is 10.3. The lowest BCUT2D eigenvalue weighted by Gasteiger charge is -2.30. The number of fused-ring (bicyclic) bond motifs is 1. The van der Waals surface area contributed by atoms with Crippen molar-refractivity contribution in [2.45, 2.75) is 58.5 Å². The number of rotatable bonds is 9. The number of hydrogen-bond acceptors (Lipinski definition) is 7. The zero-order valence-electron chi connectivity index (χ0n) is 22.2. The Balaban J connectivity index is 1.51. The minimum absolute atomic E-state index is 0.0426. The second-order valence-electron chi connectivity index (χ2n) is 10.3. The van der Waals surface area contributed by atoms with Crippen molar-refractivity contribution in [1.29, 1.82) is 0 Å². The lowest BCUT2D eigenvalue weighted by molar-refractivity contribution is 0.0901. The molecule has 0 radical (unpaired) electrons. The van der Waals surface area contributed by atoms with Crippen LogP contribution in [0.3, 0.4) is 0 Å². The van der Waals surface area contributed by atoms with Gasteiger partial charge < -0.3 is 14.1 Å². The van der Waals surface area contributed by atoms with Crippen LogP contribution in [0.1, 0.15) is 52.7 Å². The van der Waals surface area contributed by atoms with E-state index >= 15 is 0 Å². The fraction of sp³-hybridized carbons (Fsp3) is 0.333. The maximum Gasteiger partial charge on any atom is 0.253 e. The summed E-state index contributed by atoms with van der Waals surface area (Å²) in [6.45, 7) is 6.43. The van der Waals surface area contributed by atoms with Gasteiger partial charge in [-0.2, -0.15) is 0 Å². The Morgan fingerprint density at radius 1 is 1.08 bits per heavy atom. The van der Waals surface area contributed by atoms with E-state index < -0.39 is 6.04 Å². The van der Waals surface area contributed by atoms with E-state index in [2.05, 4.69) is 50.5 Å². The van der Waals surface area contributed by atoms with Crippen LogP contribution < -0.4 is 5.56 Å². The molecular formula is C30H32N6O3. The predicted molar refractivity (Wildman–Crippen MR) is 147 cm³/mol. The Morgan fingerprint density at radius 2 is 1.92 bits per heavy atom. The average molecular weight is 525 g/mol. The number of aromatic amines is 1. The Kier molecular flexibility index (Phi) is 7.08. The Morgan fingerprint density at radius 3 is 2.69 bits per heavy atom. The summed E-state index contributed by atoms with van der Waals surface area (Å²) in [7, 11) is 0. The highest BCUT2D eigenvalue weighted by molar-refractivity contribution is 5.81. The fourth-order valence-corrected chi connectivity index (χ4v) is 5.37. The van der Waals surface area contributed by atoms with Gasteiger partial charge in [0.25, 0.3) is 5.56 Å². The second kappa shape index (κ2) is 11.0. The summed E-state index contributed by atoms with van der Waals surface area (Å²) in [6.07, 6.45) is 3.69. The van der Waals surface area contributed by atoms with Gasteiger partial charge >= 0.3 is 0 Å². The van der Waals surface area contributed by atoms with E-state index in [-0.39, 0.29) is 11.7 Å². The van der Waals surface area contributed by atoms with E-state index in [0.29, 0.717) is 31.0 Å². The summed E-state index contributed by atoms with van der Waals surface area (Å²) >= 11 is 0. The SMILES string of the molecule is Cc1cc2cc([C@H](c3nnnn3C[C@@H]3CCCO3)N(Cc3ccccc3)Cc3ccco3)c(=O)[nH]c2cc1C. The van der Waals surface area contributed by atoms with Crippen molar-refractivity contribution in [2.75, 3.05) is 6.61 Å². The maximum absolute atomic E-state index is 13.8. The monoisotopic (exact) mass is 524 g/mol. The molecule has 200 valence electrons. The van der Waals surface area contributed by atoms with Gasteiger partial charge in [-0.15, -0.1) is 5.10 Å². The summed E-state index contributed by atoms with van der Waals surface area (Å²) in [5.74, 6) is 1.39. The molecule has 0 aliphatic carbocycles. The summed E-state index contributed by atoms with van der Waals surface area (Å²) in [5, 5.41) is 13.9. The van der Waals surface area contributed by atoms with Crippen LogP contribution in [-0.4, -0.2) is 42.8 Å². The highest BCUT2D eigenvalue weighted by atomic mass is 16.5. The minimum atomic E-state index is -0.540. The molecule has 1 fully saturated rings. The first-order valence-electron chi connectivity index (χ1n) is 13.4. The average Bonchev–Trinajstić information content (AvgIpc) is 3.71. The zero-order valence-corrected chi connectivity index (χ0v) is 22.2. The topological polar surface area (TPSA) is 102 Å². The first-order valence-corrected chi connectivity index (χ1v) is 13.4. The molecule has 0 saturated carbocycles. The molecule has 0 spiro atoms. The number of hydrogen-bond donors (Lipinski definition) is 1. The summed E-state index contributed by atoms with van der Waals surface area (Å²) < 4.78 is 13.5. The molecule has 4 heterocycles. The van der Waals surface area contributed by atoms with E-state index in [1.165, 1.54) is 0 Å². The highest BCUT2D eigenvalue weighted by Gasteiger charge is 2.32. The summed E-state index contributed by atoms with van der Waals surface area (Å²) in [5.41, 5.74) is 4.63. The van der Waals surface area contributed by atoms with E-state index in [0.717, 1.165) is 52.8 Å². The quantitative estimate of drug-likeness (QED) is 0.298. The maximum atomic E-state index is 13.8. The molecule has 5 aromatic rings. The van der Waals surface area contributed by atoms with Crippen LogP contribution in [0.4, 0.5) is 0 Å². The third-order valence-corrected chi connectivity index (χ3v) is 7.52. The fourth-order valence-electron chi connectivity index (χ4n) is 5.37. The Labute approximate surface area is 226 Å². The van der Waals surface area contributed by atoms with Gasteiger partial charge in [-0.1, -0.05) is 30.3 Å². The highest BCUT2D eigenvalue weighted by Crippen LogP contribution is 2.31. The molecule has 9 heteroatoms. The van der Waals surface area contributed by atoms with E-state index in [1.807, 2.05) is 49.4 Å². The van der Waals surface area contributed by atoms with Crippen LogP contribution in [0.5, 0.6) is 0 Å². The third kappa shape index (κ3) is 5.41. The molecule has 2 atom stereocenters. The number of aryl methyl sites for hydroxylation is 2. The standard InChI is InChI=1S/C30H32N6O3/c1-20-14-23-16-26(30(37)31-27(23)15-21(20)2)28(29-32-33-34-36(29)19-25-11-7-13-39-25)35(18-24-10-6-12-38-24)17-22-8-4-3-5-9-22/h3-6,8-10,12,14-16,25,28H,7,11,13,17-19H2,1-2H3,(H,31,37)/t25-,28+/m0/s1. The van der Waals surface area contributed by atoms with E-state index in [4.69, 9.17) is 9.15 Å². The van der Waals surface area contributed by atoms with Crippen LogP contribution in [0.25, 0.3) is 10.9 Å². The first-order chi connectivity index (χ1) is 19.0. The van der Waals surface area contributed by atoms with E-state index in [1.54, 1.807) is 10.9 Å². The number of tetrazole rings is 1. The van der Waals surface area contributed by atoms with Crippen molar-refractivity contribution in [3.63, 3.8) is 0 Å². The molecule has 0 amide bonds. The molecule has 3 aromatic heterocycles. The molecule has 1 N–H and O–H groups in total. The molecule has 6 rings (SSSR count). The molecule has 0 bridgehead atoms. The Bertz CT molecular complexity index is 1600. The van der Waals surface area contributed by atoms with Crippen molar-refractivity contribution < 1.29 is 9.15 Å². The van der Waals surface area contributed by atoms with Gasteiger partial charge in [0.1, 0.15) is 11.8 Å². The smallest absolute Gasteiger partial charge is 0.253 e. The molecule has 9 nitrogen and oxygen atoms in total. The molecule has 1 saturated heterocycles. The number of pyridine rings is 1.